The number of benzene rings is 1. The maximum atomic E-state index is 12.8. The summed E-state index contributed by atoms with van der Waals surface area (Å²) in [6.07, 6.45) is 2.94. The topological polar surface area (TPSA) is 54.5 Å². The second-order valence-electron chi connectivity index (χ2n) is 5.38. The number of hydrogen-bond donors (Lipinski definition) is 1. The molecule has 0 spiro atoms. The van der Waals surface area contributed by atoms with Gasteiger partial charge in [0, 0.05) is 26.5 Å². The average Bonchev–Trinajstić information content (AvgIpc) is 2.54. The van der Waals surface area contributed by atoms with Gasteiger partial charge in [-0.25, -0.2) is 4.39 Å². The van der Waals surface area contributed by atoms with Crippen molar-refractivity contribution in [2.24, 2.45) is 0 Å². The third-order valence-corrected chi connectivity index (χ3v) is 3.23. The number of rotatable bonds is 6. The minimum atomic E-state index is -0.314. The van der Waals surface area contributed by atoms with Crippen LogP contribution in [0.15, 0.2) is 42.7 Å². The maximum absolute atomic E-state index is 12.8. The number of ether oxygens (including phenoxy) is 1. The normalized spacial score (nSPS) is 11.7. The van der Waals surface area contributed by atoms with Crippen LogP contribution in [-0.2, 0) is 0 Å². The summed E-state index contributed by atoms with van der Waals surface area (Å²) >= 11 is 0. The maximum Gasteiger partial charge on any atom is 0.255 e. The van der Waals surface area contributed by atoms with Crippen molar-refractivity contribution >= 4 is 11.6 Å². The lowest BCUT2D eigenvalue weighted by Crippen LogP contribution is -2.34. The summed E-state index contributed by atoms with van der Waals surface area (Å²) in [6, 6.07) is 7.56. The number of halogens is 1. The number of carbonyl (C=O) groups excluding carboxylic acids is 1. The molecule has 23 heavy (non-hydrogen) atoms. The molecular formula is C17H20FN3O2. The Morgan fingerprint density at radius 1 is 1.30 bits per heavy atom. The highest BCUT2D eigenvalue weighted by Crippen LogP contribution is 2.16. The van der Waals surface area contributed by atoms with Gasteiger partial charge in [0.2, 0.25) is 0 Å². The first-order valence-corrected chi connectivity index (χ1v) is 7.29. The summed E-state index contributed by atoms with van der Waals surface area (Å²) in [5, 5.41) is 2.82. The molecule has 1 heterocycles. The van der Waals surface area contributed by atoms with E-state index in [1.54, 1.807) is 24.4 Å². The van der Waals surface area contributed by atoms with Crippen LogP contribution in [0.2, 0.25) is 0 Å². The average molecular weight is 317 g/mol. The van der Waals surface area contributed by atoms with Gasteiger partial charge in [-0.2, -0.15) is 0 Å². The number of pyridine rings is 1. The van der Waals surface area contributed by atoms with Crippen molar-refractivity contribution in [1.29, 1.82) is 0 Å². The molecule has 0 radical (unpaired) electrons. The number of nitrogens with one attached hydrogen (secondary N) is 1. The minimum absolute atomic E-state index is 0.212. The van der Waals surface area contributed by atoms with Gasteiger partial charge in [0.1, 0.15) is 17.7 Å². The highest BCUT2D eigenvalue weighted by atomic mass is 19.1. The van der Waals surface area contributed by atoms with Gasteiger partial charge in [-0.05, 0) is 37.3 Å². The van der Waals surface area contributed by atoms with E-state index in [0.29, 0.717) is 17.9 Å². The van der Waals surface area contributed by atoms with Crippen LogP contribution < -0.4 is 15.0 Å². The smallest absolute Gasteiger partial charge is 0.255 e. The van der Waals surface area contributed by atoms with Gasteiger partial charge in [-0.3, -0.25) is 9.78 Å². The van der Waals surface area contributed by atoms with E-state index in [9.17, 15) is 9.18 Å². The second-order valence-corrected chi connectivity index (χ2v) is 5.38. The molecule has 0 aliphatic carbocycles. The lowest BCUT2D eigenvalue weighted by molar-refractivity contribution is 0.0932. The monoisotopic (exact) mass is 317 g/mol. The van der Waals surface area contributed by atoms with Crippen LogP contribution in [0.3, 0.4) is 0 Å². The lowest BCUT2D eigenvalue weighted by atomic mass is 10.2. The zero-order chi connectivity index (χ0) is 16.8. The third kappa shape index (κ3) is 4.67. The van der Waals surface area contributed by atoms with Gasteiger partial charge in [-0.1, -0.05) is 0 Å². The SMILES string of the molecule is CC(CNC(=O)c1cnccc1N(C)C)Oc1ccc(F)cc1. The van der Waals surface area contributed by atoms with Crippen LogP contribution in [-0.4, -0.2) is 37.6 Å². The molecular weight excluding hydrogens is 297 g/mol. The Bertz CT molecular complexity index is 659. The van der Waals surface area contributed by atoms with E-state index in [4.69, 9.17) is 4.74 Å². The zero-order valence-corrected chi connectivity index (χ0v) is 13.4. The second kappa shape index (κ2) is 7.58. The molecule has 5 nitrogen and oxygen atoms in total. The number of anilines is 1. The van der Waals surface area contributed by atoms with Gasteiger partial charge in [0.15, 0.2) is 0 Å². The van der Waals surface area contributed by atoms with Gasteiger partial charge in [0.05, 0.1) is 17.8 Å². The molecule has 1 unspecified atom stereocenters. The molecule has 0 saturated heterocycles. The van der Waals surface area contributed by atoms with E-state index in [1.165, 1.54) is 18.3 Å². The van der Waals surface area contributed by atoms with Crippen molar-refractivity contribution in [3.8, 4) is 5.75 Å². The summed E-state index contributed by atoms with van der Waals surface area (Å²) in [6.45, 7) is 2.16. The molecule has 0 aliphatic rings. The molecule has 1 aromatic heterocycles. The van der Waals surface area contributed by atoms with Gasteiger partial charge in [0.25, 0.3) is 5.91 Å². The number of amides is 1. The zero-order valence-electron chi connectivity index (χ0n) is 13.4. The molecule has 1 atom stereocenters. The molecule has 2 rings (SSSR count). The fourth-order valence-corrected chi connectivity index (χ4v) is 2.07. The minimum Gasteiger partial charge on any atom is -0.489 e. The van der Waals surface area contributed by atoms with Gasteiger partial charge < -0.3 is 15.0 Å². The van der Waals surface area contributed by atoms with Crippen LogP contribution >= 0.6 is 0 Å². The van der Waals surface area contributed by atoms with E-state index in [0.717, 1.165) is 5.69 Å². The Kier molecular flexibility index (Phi) is 5.51. The summed E-state index contributed by atoms with van der Waals surface area (Å²) in [5.41, 5.74) is 1.30. The van der Waals surface area contributed by atoms with Crippen LogP contribution in [0.4, 0.5) is 10.1 Å². The van der Waals surface area contributed by atoms with Crippen molar-refractivity contribution in [1.82, 2.24) is 10.3 Å². The lowest BCUT2D eigenvalue weighted by Gasteiger charge is -2.18. The number of carbonyl (C=O) groups is 1. The van der Waals surface area contributed by atoms with Crippen LogP contribution in [0, 0.1) is 5.82 Å². The van der Waals surface area contributed by atoms with E-state index in [2.05, 4.69) is 10.3 Å². The Labute approximate surface area is 135 Å². The molecule has 2 aromatic rings. The number of nitrogens with zero attached hydrogens (tertiary/aromatic N) is 2. The summed E-state index contributed by atoms with van der Waals surface area (Å²) in [4.78, 5) is 18.1. The molecule has 6 heteroatoms. The summed E-state index contributed by atoms with van der Waals surface area (Å²) in [7, 11) is 3.73. The number of hydrogen-bond acceptors (Lipinski definition) is 4. The molecule has 0 fully saturated rings. The summed E-state index contributed by atoms with van der Waals surface area (Å²) in [5.74, 6) is 0.0333. The van der Waals surface area contributed by atoms with Crippen LogP contribution in [0.1, 0.15) is 17.3 Å². The highest BCUT2D eigenvalue weighted by Gasteiger charge is 2.14. The van der Waals surface area contributed by atoms with Crippen LogP contribution in [0.25, 0.3) is 0 Å². The van der Waals surface area contributed by atoms with Crippen molar-refractivity contribution in [3.63, 3.8) is 0 Å². The van der Waals surface area contributed by atoms with Gasteiger partial charge >= 0.3 is 0 Å². The van der Waals surface area contributed by atoms with E-state index in [1.807, 2.05) is 25.9 Å². The predicted molar refractivity (Wildman–Crippen MR) is 87.4 cm³/mol. The molecule has 1 aromatic carbocycles. The standard InChI is InChI=1S/C17H20FN3O2/c1-12(23-14-6-4-13(18)5-7-14)10-20-17(22)15-11-19-9-8-16(15)21(2)3/h4-9,11-12H,10H2,1-3H3,(H,20,22). The first kappa shape index (κ1) is 16.7. The Morgan fingerprint density at radius 3 is 2.65 bits per heavy atom. The molecule has 0 aliphatic heterocycles. The van der Waals surface area contributed by atoms with Crippen LogP contribution in [0.5, 0.6) is 5.75 Å². The summed E-state index contributed by atoms with van der Waals surface area (Å²) < 4.78 is 18.5. The molecule has 0 saturated carbocycles. The number of aromatic nitrogens is 1. The van der Waals surface area contributed by atoms with E-state index in [-0.39, 0.29) is 17.8 Å². The fraction of sp³-hybridized carbons (Fsp3) is 0.294. The van der Waals surface area contributed by atoms with Crippen molar-refractivity contribution in [2.45, 2.75) is 13.0 Å². The highest BCUT2D eigenvalue weighted by molar-refractivity contribution is 5.99. The first-order chi connectivity index (χ1) is 11.0. The predicted octanol–water partition coefficient (Wildman–Crippen LogP) is 2.48. The Morgan fingerprint density at radius 2 is 2.00 bits per heavy atom. The first-order valence-electron chi connectivity index (χ1n) is 7.29. The fourth-order valence-electron chi connectivity index (χ4n) is 2.07. The van der Waals surface area contributed by atoms with Gasteiger partial charge in [-0.15, -0.1) is 0 Å². The molecule has 1 N–H and O–H groups in total. The Balaban J connectivity index is 1.92. The van der Waals surface area contributed by atoms with E-state index < -0.39 is 0 Å². The Hall–Kier alpha value is -2.63. The molecule has 122 valence electrons. The molecule has 0 bridgehead atoms. The largest absolute Gasteiger partial charge is 0.489 e. The van der Waals surface area contributed by atoms with Crippen molar-refractivity contribution in [3.05, 3.63) is 54.1 Å². The van der Waals surface area contributed by atoms with Crippen molar-refractivity contribution < 1.29 is 13.9 Å². The van der Waals surface area contributed by atoms with Crippen molar-refractivity contribution in [2.75, 3.05) is 25.5 Å². The third-order valence-electron chi connectivity index (χ3n) is 3.23. The quantitative estimate of drug-likeness (QED) is 0.889. The van der Waals surface area contributed by atoms with E-state index >= 15 is 0 Å². The molecule has 1 amide bonds.